The lowest BCUT2D eigenvalue weighted by Gasteiger charge is -2.43. The van der Waals surface area contributed by atoms with Crippen LogP contribution in [0, 0.1) is 6.92 Å². The van der Waals surface area contributed by atoms with Crippen molar-refractivity contribution in [3.63, 3.8) is 0 Å². The van der Waals surface area contributed by atoms with Gasteiger partial charge in [-0.25, -0.2) is 4.79 Å². The van der Waals surface area contributed by atoms with Gasteiger partial charge in [0.2, 0.25) is 0 Å². The van der Waals surface area contributed by atoms with Gasteiger partial charge in [0.05, 0.1) is 0 Å². The van der Waals surface area contributed by atoms with Gasteiger partial charge in [-0.2, -0.15) is 5.10 Å². The SMILES string of the molecule is C=CCOC(=O)N1CCC2(CC1)Oc1cc(C)ccc1-c1nn(CC(=O)OC(C)(C)C)cc12. The van der Waals surface area contributed by atoms with Crippen molar-refractivity contribution in [2.24, 2.45) is 0 Å². The predicted octanol–water partition coefficient (Wildman–Crippen LogP) is 4.21. The Balaban J connectivity index is 1.63. The second-order valence-corrected chi connectivity index (χ2v) is 9.62. The highest BCUT2D eigenvalue weighted by Gasteiger charge is 2.46. The van der Waals surface area contributed by atoms with Crippen LogP contribution in [0.15, 0.2) is 37.1 Å². The van der Waals surface area contributed by atoms with E-state index in [1.165, 1.54) is 0 Å². The number of piperidine rings is 1. The minimum absolute atomic E-state index is 0.0154. The monoisotopic (exact) mass is 453 g/mol. The van der Waals surface area contributed by atoms with Crippen molar-refractivity contribution in [2.45, 2.75) is 58.3 Å². The molecule has 4 rings (SSSR count). The fraction of sp³-hybridized carbons (Fsp3) is 0.480. The molecule has 2 aliphatic heterocycles. The average Bonchev–Trinajstić information content (AvgIpc) is 3.15. The van der Waals surface area contributed by atoms with E-state index in [0.717, 1.165) is 28.1 Å². The molecule has 2 aliphatic rings. The Labute approximate surface area is 194 Å². The fourth-order valence-electron chi connectivity index (χ4n) is 4.36. The van der Waals surface area contributed by atoms with Crippen LogP contribution in [0.3, 0.4) is 0 Å². The number of carbonyl (C=O) groups is 2. The Morgan fingerprint density at radius 1 is 1.27 bits per heavy atom. The Morgan fingerprint density at radius 3 is 2.67 bits per heavy atom. The number of carbonyl (C=O) groups excluding carboxylic acids is 2. The second-order valence-electron chi connectivity index (χ2n) is 9.62. The highest BCUT2D eigenvalue weighted by atomic mass is 16.6. The van der Waals surface area contributed by atoms with Crippen molar-refractivity contribution in [1.29, 1.82) is 0 Å². The molecule has 0 radical (unpaired) electrons. The normalized spacial score (nSPS) is 16.4. The molecule has 0 aliphatic carbocycles. The molecule has 0 unspecified atom stereocenters. The van der Waals surface area contributed by atoms with E-state index in [4.69, 9.17) is 19.3 Å². The van der Waals surface area contributed by atoms with Gasteiger partial charge in [-0.1, -0.05) is 18.7 Å². The lowest BCUT2D eigenvalue weighted by Crippen LogP contribution is -2.49. The van der Waals surface area contributed by atoms with Crippen molar-refractivity contribution in [2.75, 3.05) is 19.7 Å². The third kappa shape index (κ3) is 4.74. The Kier molecular flexibility index (Phi) is 5.95. The first-order valence-electron chi connectivity index (χ1n) is 11.2. The largest absolute Gasteiger partial charge is 0.482 e. The highest BCUT2D eigenvalue weighted by molar-refractivity contribution is 5.75. The molecule has 3 heterocycles. The van der Waals surface area contributed by atoms with Crippen molar-refractivity contribution in [1.82, 2.24) is 14.7 Å². The number of hydrogen-bond donors (Lipinski definition) is 0. The number of aryl methyl sites for hydroxylation is 1. The summed E-state index contributed by atoms with van der Waals surface area (Å²) in [6.07, 6.45) is 4.27. The molecule has 0 N–H and O–H groups in total. The van der Waals surface area contributed by atoms with Gasteiger partial charge in [-0.05, 0) is 45.4 Å². The third-order valence-corrected chi connectivity index (χ3v) is 5.82. The number of hydrogen-bond acceptors (Lipinski definition) is 6. The molecule has 0 bridgehead atoms. The van der Waals surface area contributed by atoms with Crippen molar-refractivity contribution in [3.05, 3.63) is 48.2 Å². The number of fused-ring (bicyclic) bond motifs is 4. The number of nitrogens with zero attached hydrogens (tertiary/aromatic N) is 3. The van der Waals surface area contributed by atoms with Crippen LogP contribution in [0.2, 0.25) is 0 Å². The number of ether oxygens (including phenoxy) is 3. The summed E-state index contributed by atoms with van der Waals surface area (Å²) < 4.78 is 18.9. The van der Waals surface area contributed by atoms with E-state index in [9.17, 15) is 9.59 Å². The lowest BCUT2D eigenvalue weighted by molar-refractivity contribution is -0.155. The minimum Gasteiger partial charge on any atom is -0.482 e. The summed E-state index contributed by atoms with van der Waals surface area (Å²) in [5, 5.41) is 4.76. The van der Waals surface area contributed by atoms with Crippen LogP contribution in [0.4, 0.5) is 4.79 Å². The zero-order chi connectivity index (χ0) is 23.8. The molecule has 33 heavy (non-hydrogen) atoms. The van der Waals surface area contributed by atoms with Crippen LogP contribution in [-0.2, 0) is 26.4 Å². The molecule has 8 nitrogen and oxygen atoms in total. The van der Waals surface area contributed by atoms with Crippen molar-refractivity contribution in [3.8, 4) is 17.0 Å². The van der Waals surface area contributed by atoms with Crippen LogP contribution in [-0.4, -0.2) is 52.0 Å². The molecule has 1 aromatic heterocycles. The van der Waals surface area contributed by atoms with Gasteiger partial charge in [-0.15, -0.1) is 0 Å². The van der Waals surface area contributed by atoms with Crippen LogP contribution >= 0.6 is 0 Å². The third-order valence-electron chi connectivity index (χ3n) is 5.82. The van der Waals surface area contributed by atoms with E-state index in [1.807, 2.05) is 52.1 Å². The summed E-state index contributed by atoms with van der Waals surface area (Å²) in [6.45, 7) is 12.3. The average molecular weight is 454 g/mol. The van der Waals surface area contributed by atoms with Crippen LogP contribution in [0.25, 0.3) is 11.3 Å². The molecule has 1 amide bonds. The number of aromatic nitrogens is 2. The Morgan fingerprint density at radius 2 is 2.00 bits per heavy atom. The molecule has 1 saturated heterocycles. The van der Waals surface area contributed by atoms with Gasteiger partial charge in [0.25, 0.3) is 0 Å². The van der Waals surface area contributed by atoms with E-state index in [0.29, 0.717) is 25.9 Å². The van der Waals surface area contributed by atoms with Crippen molar-refractivity contribution < 1.29 is 23.8 Å². The molecule has 1 spiro atoms. The van der Waals surface area contributed by atoms with Gasteiger partial charge >= 0.3 is 12.1 Å². The second kappa shape index (κ2) is 8.57. The molecule has 0 saturated carbocycles. The number of rotatable bonds is 4. The maximum absolute atomic E-state index is 12.4. The first-order valence-corrected chi connectivity index (χ1v) is 11.2. The zero-order valence-corrected chi connectivity index (χ0v) is 19.7. The fourth-order valence-corrected chi connectivity index (χ4v) is 4.36. The summed E-state index contributed by atoms with van der Waals surface area (Å²) in [4.78, 5) is 26.4. The summed E-state index contributed by atoms with van der Waals surface area (Å²) in [5.74, 6) is 0.425. The van der Waals surface area contributed by atoms with Crippen LogP contribution in [0.5, 0.6) is 5.75 Å². The van der Waals surface area contributed by atoms with Gasteiger partial charge < -0.3 is 19.1 Å². The molecular formula is C25H31N3O5. The summed E-state index contributed by atoms with van der Waals surface area (Å²) in [6, 6.07) is 6.04. The van der Waals surface area contributed by atoms with E-state index in [-0.39, 0.29) is 25.2 Å². The predicted molar refractivity (Wildman–Crippen MR) is 123 cm³/mol. The minimum atomic E-state index is -0.627. The standard InChI is InChI=1S/C25H31N3O5/c1-6-13-31-23(30)27-11-9-25(10-12-27)19-15-28(16-21(29)33-24(3,4)5)26-22(19)18-8-7-17(2)14-20(18)32-25/h6-8,14-15H,1,9-13,16H2,2-5H3. The topological polar surface area (TPSA) is 82.9 Å². The Bertz CT molecular complexity index is 1070. The van der Waals surface area contributed by atoms with E-state index >= 15 is 0 Å². The molecule has 1 aromatic carbocycles. The lowest BCUT2D eigenvalue weighted by atomic mass is 9.81. The molecule has 176 valence electrons. The van der Waals surface area contributed by atoms with Gasteiger partial charge in [0.15, 0.2) is 0 Å². The first kappa shape index (κ1) is 22.9. The summed E-state index contributed by atoms with van der Waals surface area (Å²) >= 11 is 0. The molecular weight excluding hydrogens is 422 g/mol. The molecule has 0 atom stereocenters. The van der Waals surface area contributed by atoms with Crippen molar-refractivity contribution >= 4 is 12.1 Å². The summed E-state index contributed by atoms with van der Waals surface area (Å²) in [7, 11) is 0. The first-order chi connectivity index (χ1) is 15.6. The van der Waals surface area contributed by atoms with E-state index < -0.39 is 11.2 Å². The number of esters is 1. The van der Waals surface area contributed by atoms with Gasteiger partial charge in [-0.3, -0.25) is 9.48 Å². The van der Waals surface area contributed by atoms with Gasteiger partial charge in [0.1, 0.15) is 35.8 Å². The maximum Gasteiger partial charge on any atom is 0.410 e. The van der Waals surface area contributed by atoms with Crippen LogP contribution in [0.1, 0.15) is 44.7 Å². The smallest absolute Gasteiger partial charge is 0.410 e. The number of benzene rings is 1. The zero-order valence-electron chi connectivity index (χ0n) is 19.7. The maximum atomic E-state index is 12.4. The molecule has 2 aromatic rings. The van der Waals surface area contributed by atoms with E-state index in [1.54, 1.807) is 15.7 Å². The number of amides is 1. The molecule has 1 fully saturated rings. The van der Waals surface area contributed by atoms with Gasteiger partial charge in [0, 0.05) is 43.3 Å². The van der Waals surface area contributed by atoms with Crippen LogP contribution < -0.4 is 4.74 Å². The Hall–Kier alpha value is -3.29. The molecule has 8 heteroatoms. The summed E-state index contributed by atoms with van der Waals surface area (Å²) in [5.41, 5.74) is 2.54. The quantitative estimate of drug-likeness (QED) is 0.510. The van der Waals surface area contributed by atoms with E-state index in [2.05, 4.69) is 6.58 Å². The number of likely N-dealkylation sites (tertiary alicyclic amines) is 1. The highest BCUT2D eigenvalue weighted by Crippen LogP contribution is 2.49.